The summed E-state index contributed by atoms with van der Waals surface area (Å²) in [5.74, 6) is -6.28. The van der Waals surface area contributed by atoms with E-state index in [4.69, 9.17) is 35.7 Å². The van der Waals surface area contributed by atoms with Gasteiger partial charge in [-0.15, -0.1) is 0 Å². The van der Waals surface area contributed by atoms with Crippen LogP contribution in [0.15, 0.2) is 17.1 Å². The van der Waals surface area contributed by atoms with Gasteiger partial charge in [-0.05, 0) is 6.07 Å². The number of ether oxygens (including phenoxy) is 2. The number of phosphoric ester groups is 1. The van der Waals surface area contributed by atoms with Crippen molar-refractivity contribution in [2.24, 2.45) is 11.5 Å². The maximum absolute atomic E-state index is 12.8. The molecule has 22 heteroatoms. The number of hydrogen-bond acceptors (Lipinski definition) is 17. The number of aliphatic hydroxyl groups excluding tert-OH is 5. The lowest BCUT2D eigenvalue weighted by atomic mass is 9.88. The number of rotatable bonds is 12. The Morgan fingerprint density at radius 3 is 2.50 bits per heavy atom. The fraction of sp³-hybridized carbons (Fsp3) is 0.700. The number of nitrogen functional groups attached to an aromatic ring is 1. The molecule has 21 nitrogen and oxygen atoms in total. The summed E-state index contributed by atoms with van der Waals surface area (Å²) in [5.41, 5.74) is 15.0. The molecule has 0 spiro atoms. The molecule has 3 rings (SSSR count). The monoisotopic (exact) mass is 628 g/mol. The minimum Gasteiger partial charge on any atom is -0.477 e. The Bertz CT molecular complexity index is 1240. The van der Waals surface area contributed by atoms with Crippen LogP contribution >= 0.6 is 7.82 Å². The molecule has 2 saturated heterocycles. The van der Waals surface area contributed by atoms with Crippen LogP contribution < -0.4 is 28.2 Å². The molecule has 42 heavy (non-hydrogen) atoms. The fourth-order valence-corrected chi connectivity index (χ4v) is 5.31. The van der Waals surface area contributed by atoms with Gasteiger partial charge in [0.25, 0.3) is 5.79 Å². The molecule has 0 aromatic carbocycles. The maximum atomic E-state index is 12.8. The Morgan fingerprint density at radius 2 is 1.93 bits per heavy atom. The van der Waals surface area contributed by atoms with E-state index >= 15 is 0 Å². The number of nitrogens with one attached hydrogen (secondary N) is 1. The molecule has 0 bridgehead atoms. The van der Waals surface area contributed by atoms with Gasteiger partial charge in [0.05, 0.1) is 31.4 Å². The summed E-state index contributed by atoms with van der Waals surface area (Å²) < 4.78 is 33.9. The first-order valence-corrected chi connectivity index (χ1v) is 13.7. The van der Waals surface area contributed by atoms with E-state index in [-0.39, 0.29) is 5.82 Å². The third-order valence-corrected chi connectivity index (χ3v) is 7.51. The van der Waals surface area contributed by atoms with Crippen molar-refractivity contribution < 1.29 is 68.2 Å². The van der Waals surface area contributed by atoms with E-state index in [1.807, 2.05) is 0 Å². The Hall–Kier alpha value is -2.63. The van der Waals surface area contributed by atoms with E-state index < -0.39 is 112 Å². The summed E-state index contributed by atoms with van der Waals surface area (Å²) in [5, 5.41) is 64.0. The van der Waals surface area contributed by atoms with Gasteiger partial charge >= 0.3 is 19.5 Å². The van der Waals surface area contributed by atoms with Crippen LogP contribution in [0, 0.1) is 0 Å². The van der Waals surface area contributed by atoms with Crippen molar-refractivity contribution in [3.05, 3.63) is 22.7 Å². The van der Waals surface area contributed by atoms with Gasteiger partial charge in [0.1, 0.15) is 36.3 Å². The van der Waals surface area contributed by atoms with Crippen molar-refractivity contribution in [1.82, 2.24) is 14.9 Å². The molecule has 1 aromatic heterocycles. The lowest BCUT2D eigenvalue weighted by Crippen LogP contribution is -2.68. The van der Waals surface area contributed by atoms with Gasteiger partial charge in [0, 0.05) is 19.2 Å². The number of nitrogens with zero attached hydrogens (tertiary/aromatic N) is 2. The Balaban J connectivity index is 1.79. The first kappa shape index (κ1) is 33.9. The second-order valence-corrected chi connectivity index (χ2v) is 10.8. The number of carboxylic acids is 1. The predicted octanol–water partition coefficient (Wildman–Crippen LogP) is -6.37. The molecule has 0 radical (unpaired) electrons. The smallest absolute Gasteiger partial charge is 0.475 e. The standard InChI is InChI=1S/C20H33N6O15P/c21-4-8(28)13(30)16-12(25-11(29)5-22)7(27)3-20(40-16,18(33)34)41-42(36,37)38-6-9-14(31)15(32)17(39-9)26-2-1-10(23)24-19(26)35/h1-2,7-9,12-17,27-28,30-32H,3-6,21-22H2,(H,25,29)(H,33,34)(H,36,37)(H2,23,24,35)/t7-,8-,9-,12-,13-,14?,15+,16?,17-,20-/m1/s1. The zero-order valence-electron chi connectivity index (χ0n) is 21.6. The molecule has 238 valence electrons. The van der Waals surface area contributed by atoms with Gasteiger partial charge in [-0.2, -0.15) is 4.98 Å². The van der Waals surface area contributed by atoms with Crippen LogP contribution in [0.5, 0.6) is 0 Å². The Morgan fingerprint density at radius 1 is 1.26 bits per heavy atom. The molecule has 3 unspecified atom stereocenters. The molecule has 2 fully saturated rings. The highest BCUT2D eigenvalue weighted by atomic mass is 31.2. The number of aliphatic hydroxyl groups is 5. The molecular weight excluding hydrogens is 595 g/mol. The number of phosphoric acid groups is 1. The fourth-order valence-electron chi connectivity index (χ4n) is 4.36. The first-order valence-electron chi connectivity index (χ1n) is 12.2. The molecular formula is C20H33N6O15P. The number of amides is 1. The third-order valence-electron chi connectivity index (χ3n) is 6.51. The molecule has 0 saturated carbocycles. The number of anilines is 1. The van der Waals surface area contributed by atoms with Crippen LogP contribution in [0.1, 0.15) is 12.6 Å². The molecule has 3 heterocycles. The van der Waals surface area contributed by atoms with Crippen molar-refractivity contribution in [2.45, 2.75) is 67.2 Å². The van der Waals surface area contributed by atoms with Crippen LogP contribution in [0.4, 0.5) is 5.82 Å². The maximum Gasteiger partial charge on any atom is 0.475 e. The topological polar surface area (TPSA) is 355 Å². The van der Waals surface area contributed by atoms with Gasteiger partial charge in [-0.1, -0.05) is 0 Å². The van der Waals surface area contributed by atoms with Crippen LogP contribution in [0.25, 0.3) is 0 Å². The lowest BCUT2D eigenvalue weighted by Gasteiger charge is -2.46. The van der Waals surface area contributed by atoms with Crippen LogP contribution in [0.3, 0.4) is 0 Å². The van der Waals surface area contributed by atoms with Crippen LogP contribution in [-0.4, -0.2) is 131 Å². The largest absolute Gasteiger partial charge is 0.477 e. The summed E-state index contributed by atoms with van der Waals surface area (Å²) in [7, 11) is -5.52. The average Bonchev–Trinajstić information content (AvgIpc) is 3.20. The number of carboxylic acid groups (broad SMARTS) is 1. The van der Waals surface area contributed by atoms with Crippen molar-refractivity contribution in [2.75, 3.05) is 25.4 Å². The van der Waals surface area contributed by atoms with E-state index in [2.05, 4.69) is 10.3 Å². The summed E-state index contributed by atoms with van der Waals surface area (Å²) in [6.45, 7) is -2.17. The number of aromatic nitrogens is 2. The average molecular weight is 628 g/mol. The molecule has 0 aliphatic carbocycles. The SMILES string of the molecule is NCC(=O)N[C@H]1C([C@H](O)[C@H](O)CN)O[C@](OP(=O)(O)OC[C@H]2O[C@@H](n3ccc(N)nc3=O)[C@@H](O)C2O)(C(=O)O)C[C@H]1O. The third kappa shape index (κ3) is 7.29. The minimum atomic E-state index is -5.52. The van der Waals surface area contributed by atoms with Crippen molar-refractivity contribution in [3.63, 3.8) is 0 Å². The zero-order chi connectivity index (χ0) is 31.6. The summed E-state index contributed by atoms with van der Waals surface area (Å²) in [6, 6.07) is -0.380. The molecule has 11 atom stereocenters. The van der Waals surface area contributed by atoms with Gasteiger partial charge in [0.15, 0.2) is 6.23 Å². The van der Waals surface area contributed by atoms with E-state index in [1.165, 1.54) is 6.07 Å². The quantitative estimate of drug-likeness (QED) is 0.0958. The minimum absolute atomic E-state index is 0.134. The second kappa shape index (κ2) is 13.3. The predicted molar refractivity (Wildman–Crippen MR) is 134 cm³/mol. The number of aliphatic carboxylic acids is 1. The van der Waals surface area contributed by atoms with E-state index in [1.54, 1.807) is 0 Å². The summed E-state index contributed by atoms with van der Waals surface area (Å²) in [4.78, 5) is 50.0. The second-order valence-electron chi connectivity index (χ2n) is 9.45. The Labute approximate surface area is 236 Å². The molecule has 1 aromatic rings. The summed E-state index contributed by atoms with van der Waals surface area (Å²) >= 11 is 0. The first-order chi connectivity index (χ1) is 19.6. The van der Waals surface area contributed by atoms with E-state index in [0.29, 0.717) is 0 Å². The highest BCUT2D eigenvalue weighted by molar-refractivity contribution is 7.47. The van der Waals surface area contributed by atoms with Gasteiger partial charge < -0.3 is 67.5 Å². The van der Waals surface area contributed by atoms with Crippen molar-refractivity contribution >= 4 is 25.5 Å². The van der Waals surface area contributed by atoms with Gasteiger partial charge in [0.2, 0.25) is 5.91 Å². The molecule has 2 aliphatic rings. The highest BCUT2D eigenvalue weighted by Crippen LogP contribution is 2.51. The molecule has 2 aliphatic heterocycles. The zero-order valence-corrected chi connectivity index (χ0v) is 22.5. The van der Waals surface area contributed by atoms with E-state index in [0.717, 1.165) is 10.8 Å². The van der Waals surface area contributed by atoms with Gasteiger partial charge in [-0.3, -0.25) is 13.9 Å². The van der Waals surface area contributed by atoms with Crippen LogP contribution in [0.2, 0.25) is 0 Å². The molecule has 1 amide bonds. The lowest BCUT2D eigenvalue weighted by molar-refractivity contribution is -0.287. The van der Waals surface area contributed by atoms with Gasteiger partial charge in [-0.25, -0.2) is 18.7 Å². The molecule has 14 N–H and O–H groups in total. The van der Waals surface area contributed by atoms with Crippen molar-refractivity contribution in [3.8, 4) is 0 Å². The number of hydrogen-bond donors (Lipinski definition) is 11. The normalized spacial score (nSPS) is 34.3. The number of carbonyl (C=O) groups is 2. The van der Waals surface area contributed by atoms with Crippen LogP contribution in [-0.2, 0) is 32.7 Å². The number of nitrogens with two attached hydrogens (primary N) is 3. The Kier molecular flexibility index (Phi) is 10.8. The highest BCUT2D eigenvalue weighted by Gasteiger charge is 2.59. The summed E-state index contributed by atoms with van der Waals surface area (Å²) in [6.07, 6.45) is -14.3. The van der Waals surface area contributed by atoms with Crippen molar-refractivity contribution in [1.29, 1.82) is 0 Å². The number of carbonyl (C=O) groups excluding carboxylic acids is 1. The van der Waals surface area contributed by atoms with E-state index in [9.17, 15) is 54.5 Å².